The van der Waals surface area contributed by atoms with Gasteiger partial charge < -0.3 is 15.1 Å². The molecule has 0 atom stereocenters. The Kier molecular flexibility index (Phi) is 7.45. The van der Waals surface area contributed by atoms with Gasteiger partial charge in [-0.25, -0.2) is 8.42 Å². The van der Waals surface area contributed by atoms with Crippen LogP contribution >= 0.6 is 11.6 Å². The van der Waals surface area contributed by atoms with Crippen molar-refractivity contribution in [1.29, 1.82) is 0 Å². The van der Waals surface area contributed by atoms with Gasteiger partial charge in [-0.05, 0) is 62.0 Å². The largest absolute Gasteiger partial charge is 0.451 e. The molecule has 0 unspecified atom stereocenters. The Bertz CT molecular complexity index is 1430. The Morgan fingerprint density at radius 1 is 1.00 bits per heavy atom. The first-order valence-corrected chi connectivity index (χ1v) is 12.9. The van der Waals surface area contributed by atoms with Crippen molar-refractivity contribution in [3.63, 3.8) is 0 Å². The predicted octanol–water partition coefficient (Wildman–Crippen LogP) is 4.74. The van der Waals surface area contributed by atoms with Gasteiger partial charge in [-0.1, -0.05) is 41.9 Å². The predicted molar refractivity (Wildman–Crippen MR) is 138 cm³/mol. The van der Waals surface area contributed by atoms with E-state index in [4.69, 9.17) is 16.0 Å². The fourth-order valence-corrected chi connectivity index (χ4v) is 5.33. The number of amides is 1. The fourth-order valence-electron chi connectivity index (χ4n) is 3.76. The van der Waals surface area contributed by atoms with Gasteiger partial charge in [0, 0.05) is 29.1 Å². The molecule has 7 nitrogen and oxygen atoms in total. The molecule has 2 N–H and O–H groups in total. The number of aryl methyl sites for hydroxylation is 1. The van der Waals surface area contributed by atoms with Gasteiger partial charge in [0.2, 0.25) is 0 Å². The molecule has 0 fully saturated rings. The second kappa shape index (κ2) is 10.5. The quantitative estimate of drug-likeness (QED) is 0.317. The Labute approximate surface area is 209 Å². The van der Waals surface area contributed by atoms with Crippen molar-refractivity contribution >= 4 is 44.2 Å². The SMILES string of the molecule is CNCCNC(=O)c1oc2ccc(N(Cc3ccccc3)S(=O)(=O)c3ccc(Cl)cc3)cc2c1C. The summed E-state index contributed by atoms with van der Waals surface area (Å²) >= 11 is 5.98. The maximum atomic E-state index is 13.7. The Hall–Kier alpha value is -3.33. The summed E-state index contributed by atoms with van der Waals surface area (Å²) in [5, 5.41) is 6.91. The van der Waals surface area contributed by atoms with E-state index in [-0.39, 0.29) is 23.1 Å². The van der Waals surface area contributed by atoms with Crippen LogP contribution in [0.2, 0.25) is 5.02 Å². The second-order valence-corrected chi connectivity index (χ2v) is 10.3. The lowest BCUT2D eigenvalue weighted by molar-refractivity contribution is 0.0927. The molecule has 0 radical (unpaired) electrons. The molecule has 0 aliphatic rings. The van der Waals surface area contributed by atoms with Crippen LogP contribution < -0.4 is 14.9 Å². The number of nitrogens with one attached hydrogen (secondary N) is 2. The number of furan rings is 1. The third kappa shape index (κ3) is 5.35. The van der Waals surface area contributed by atoms with E-state index < -0.39 is 10.0 Å². The van der Waals surface area contributed by atoms with Gasteiger partial charge >= 0.3 is 0 Å². The summed E-state index contributed by atoms with van der Waals surface area (Å²) in [6.07, 6.45) is 0. The van der Waals surface area contributed by atoms with E-state index >= 15 is 0 Å². The molecule has 0 saturated heterocycles. The number of rotatable bonds is 9. The van der Waals surface area contributed by atoms with Crippen molar-refractivity contribution in [2.45, 2.75) is 18.4 Å². The maximum Gasteiger partial charge on any atom is 0.287 e. The number of carbonyl (C=O) groups is 1. The second-order valence-electron chi connectivity index (χ2n) is 8.05. The summed E-state index contributed by atoms with van der Waals surface area (Å²) in [7, 11) is -2.11. The number of benzene rings is 3. The number of anilines is 1. The molecule has 1 amide bonds. The molecule has 0 saturated carbocycles. The number of halogens is 1. The van der Waals surface area contributed by atoms with Crippen LogP contribution in [0.1, 0.15) is 21.7 Å². The molecule has 0 aliphatic heterocycles. The molecule has 1 heterocycles. The lowest BCUT2D eigenvalue weighted by Crippen LogP contribution is -2.30. The Morgan fingerprint density at radius 3 is 2.40 bits per heavy atom. The highest BCUT2D eigenvalue weighted by molar-refractivity contribution is 7.92. The molecule has 4 rings (SSSR count). The van der Waals surface area contributed by atoms with Gasteiger partial charge in [0.15, 0.2) is 5.76 Å². The summed E-state index contributed by atoms with van der Waals surface area (Å²) in [6.45, 7) is 3.01. The highest BCUT2D eigenvalue weighted by atomic mass is 35.5. The highest BCUT2D eigenvalue weighted by Gasteiger charge is 2.27. The van der Waals surface area contributed by atoms with E-state index in [2.05, 4.69) is 10.6 Å². The first-order valence-electron chi connectivity index (χ1n) is 11.1. The summed E-state index contributed by atoms with van der Waals surface area (Å²) in [5.74, 6) is -0.103. The van der Waals surface area contributed by atoms with Crippen LogP contribution in [0.3, 0.4) is 0 Å². The van der Waals surface area contributed by atoms with Gasteiger partial charge in [-0.3, -0.25) is 9.10 Å². The van der Waals surface area contributed by atoms with Crippen LogP contribution in [0.5, 0.6) is 0 Å². The minimum absolute atomic E-state index is 0.131. The number of hydrogen-bond donors (Lipinski definition) is 2. The molecule has 182 valence electrons. The molecular weight excluding hydrogens is 486 g/mol. The van der Waals surface area contributed by atoms with Crippen LogP contribution in [0.25, 0.3) is 11.0 Å². The minimum Gasteiger partial charge on any atom is -0.451 e. The molecule has 0 bridgehead atoms. The minimum atomic E-state index is -3.92. The maximum absolute atomic E-state index is 13.7. The van der Waals surface area contributed by atoms with Crippen molar-refractivity contribution in [3.05, 3.63) is 94.7 Å². The normalized spacial score (nSPS) is 11.5. The lowest BCUT2D eigenvalue weighted by Gasteiger charge is -2.25. The Morgan fingerprint density at radius 2 is 1.71 bits per heavy atom. The van der Waals surface area contributed by atoms with Crippen LogP contribution in [0, 0.1) is 6.92 Å². The average molecular weight is 512 g/mol. The number of carbonyl (C=O) groups excluding carboxylic acids is 1. The molecular formula is C26H26ClN3O4S. The average Bonchev–Trinajstić information content (AvgIpc) is 3.19. The smallest absolute Gasteiger partial charge is 0.287 e. The molecule has 3 aromatic carbocycles. The van der Waals surface area contributed by atoms with E-state index in [0.29, 0.717) is 40.3 Å². The van der Waals surface area contributed by atoms with E-state index in [9.17, 15) is 13.2 Å². The van der Waals surface area contributed by atoms with Gasteiger partial charge in [0.05, 0.1) is 17.1 Å². The third-order valence-corrected chi connectivity index (χ3v) is 7.69. The van der Waals surface area contributed by atoms with Gasteiger partial charge in [0.1, 0.15) is 5.58 Å². The summed E-state index contributed by atoms with van der Waals surface area (Å²) in [4.78, 5) is 12.7. The van der Waals surface area contributed by atoms with Gasteiger partial charge in [-0.15, -0.1) is 0 Å². The monoisotopic (exact) mass is 511 g/mol. The zero-order chi connectivity index (χ0) is 25.0. The van der Waals surface area contributed by atoms with Gasteiger partial charge in [-0.2, -0.15) is 0 Å². The number of sulfonamides is 1. The number of hydrogen-bond acceptors (Lipinski definition) is 5. The topological polar surface area (TPSA) is 91.7 Å². The van der Waals surface area contributed by atoms with Crippen LogP contribution in [0.4, 0.5) is 5.69 Å². The first-order chi connectivity index (χ1) is 16.8. The lowest BCUT2D eigenvalue weighted by atomic mass is 10.1. The van der Waals surface area contributed by atoms with E-state index in [1.54, 1.807) is 44.3 Å². The number of likely N-dealkylation sites (N-methyl/N-ethyl adjacent to an activating group) is 1. The molecule has 4 aromatic rings. The zero-order valence-electron chi connectivity index (χ0n) is 19.4. The number of fused-ring (bicyclic) bond motifs is 1. The third-order valence-electron chi connectivity index (χ3n) is 5.65. The zero-order valence-corrected chi connectivity index (χ0v) is 21.0. The molecule has 9 heteroatoms. The van der Waals surface area contributed by atoms with Crippen molar-refractivity contribution in [1.82, 2.24) is 10.6 Å². The molecule has 0 spiro atoms. The summed E-state index contributed by atoms with van der Waals surface area (Å²) < 4.78 is 34.6. The van der Waals surface area contributed by atoms with Gasteiger partial charge in [0.25, 0.3) is 15.9 Å². The Balaban J connectivity index is 1.77. The van der Waals surface area contributed by atoms with E-state index in [1.807, 2.05) is 30.3 Å². The van der Waals surface area contributed by atoms with Crippen molar-refractivity contribution in [2.75, 3.05) is 24.4 Å². The fraction of sp³-hybridized carbons (Fsp3) is 0.192. The van der Waals surface area contributed by atoms with Crippen LogP contribution in [-0.2, 0) is 16.6 Å². The summed E-state index contributed by atoms with van der Waals surface area (Å²) in [6, 6.07) is 20.6. The molecule has 0 aliphatic carbocycles. The first kappa shape index (κ1) is 24.8. The van der Waals surface area contributed by atoms with Crippen LogP contribution in [0.15, 0.2) is 82.1 Å². The highest BCUT2D eigenvalue weighted by Crippen LogP contribution is 2.33. The molecule has 35 heavy (non-hydrogen) atoms. The van der Waals surface area contributed by atoms with Crippen molar-refractivity contribution < 1.29 is 17.6 Å². The van der Waals surface area contributed by atoms with E-state index in [0.717, 1.165) is 5.56 Å². The number of nitrogens with zero attached hydrogens (tertiary/aromatic N) is 1. The van der Waals surface area contributed by atoms with E-state index in [1.165, 1.54) is 16.4 Å². The standard InChI is InChI=1S/C26H26ClN3O4S/c1-18-23-16-21(10-13-24(23)34-25(18)26(31)29-15-14-28-2)30(17-19-6-4-3-5-7-19)35(32,33)22-11-8-20(27)9-12-22/h3-13,16,28H,14-15,17H2,1-2H3,(H,29,31). The molecule has 1 aromatic heterocycles. The van der Waals surface area contributed by atoms with Crippen LogP contribution in [-0.4, -0.2) is 34.5 Å². The van der Waals surface area contributed by atoms with Crippen molar-refractivity contribution in [3.8, 4) is 0 Å². The van der Waals surface area contributed by atoms with Crippen molar-refractivity contribution in [2.24, 2.45) is 0 Å². The summed E-state index contributed by atoms with van der Waals surface area (Å²) in [5.41, 5.74) is 2.45.